The van der Waals surface area contributed by atoms with Crippen molar-refractivity contribution in [2.75, 3.05) is 19.0 Å². The average molecular weight is 302 g/mol. The summed E-state index contributed by atoms with van der Waals surface area (Å²) in [5.41, 5.74) is 1.42. The van der Waals surface area contributed by atoms with Crippen molar-refractivity contribution in [1.29, 1.82) is 0 Å². The van der Waals surface area contributed by atoms with Crippen molar-refractivity contribution < 1.29 is 13.9 Å². The minimum absolute atomic E-state index is 0.121. The SMILES string of the molecule is COc1ccccc1NC(=O)CN[C@H](C)c1cccc(F)c1. The maximum atomic E-state index is 13.2. The summed E-state index contributed by atoms with van der Waals surface area (Å²) in [7, 11) is 1.55. The van der Waals surface area contributed by atoms with Crippen LogP contribution in [0.5, 0.6) is 5.75 Å². The average Bonchev–Trinajstić information content (AvgIpc) is 2.53. The third kappa shape index (κ3) is 4.30. The lowest BCUT2D eigenvalue weighted by Crippen LogP contribution is -2.30. The number of anilines is 1. The van der Waals surface area contributed by atoms with Crippen LogP contribution in [0.15, 0.2) is 48.5 Å². The highest BCUT2D eigenvalue weighted by Crippen LogP contribution is 2.22. The number of methoxy groups -OCH3 is 1. The van der Waals surface area contributed by atoms with Crippen LogP contribution in [0.1, 0.15) is 18.5 Å². The number of carbonyl (C=O) groups excluding carboxylic acids is 1. The fourth-order valence-corrected chi connectivity index (χ4v) is 2.08. The fraction of sp³-hybridized carbons (Fsp3) is 0.235. The summed E-state index contributed by atoms with van der Waals surface area (Å²) in [6.07, 6.45) is 0. The number of nitrogens with one attached hydrogen (secondary N) is 2. The Morgan fingerprint density at radius 2 is 2.00 bits per heavy atom. The highest BCUT2D eigenvalue weighted by atomic mass is 19.1. The first-order valence-electron chi connectivity index (χ1n) is 7.02. The third-order valence-electron chi connectivity index (χ3n) is 3.30. The molecule has 0 fully saturated rings. The van der Waals surface area contributed by atoms with Gasteiger partial charge in [0.05, 0.1) is 19.3 Å². The molecule has 2 aromatic carbocycles. The quantitative estimate of drug-likeness (QED) is 0.862. The molecule has 22 heavy (non-hydrogen) atoms. The van der Waals surface area contributed by atoms with Crippen LogP contribution in [0.3, 0.4) is 0 Å². The summed E-state index contributed by atoms with van der Waals surface area (Å²) >= 11 is 0. The first kappa shape index (κ1) is 16.0. The van der Waals surface area contributed by atoms with Crippen molar-refractivity contribution in [3.05, 3.63) is 59.9 Å². The number of rotatable bonds is 6. The molecule has 116 valence electrons. The molecular weight excluding hydrogens is 283 g/mol. The first-order chi connectivity index (χ1) is 10.6. The maximum Gasteiger partial charge on any atom is 0.238 e. The number of para-hydroxylation sites is 2. The van der Waals surface area contributed by atoms with Gasteiger partial charge in [-0.25, -0.2) is 4.39 Å². The van der Waals surface area contributed by atoms with Gasteiger partial charge in [-0.2, -0.15) is 0 Å². The molecule has 0 unspecified atom stereocenters. The molecule has 4 nitrogen and oxygen atoms in total. The second-order valence-electron chi connectivity index (χ2n) is 4.91. The minimum Gasteiger partial charge on any atom is -0.495 e. The number of carbonyl (C=O) groups is 1. The Morgan fingerprint density at radius 3 is 2.73 bits per heavy atom. The first-order valence-corrected chi connectivity index (χ1v) is 7.02. The molecular formula is C17H19FN2O2. The number of hydrogen-bond donors (Lipinski definition) is 2. The summed E-state index contributed by atoms with van der Waals surface area (Å²) in [6.45, 7) is 2.00. The summed E-state index contributed by atoms with van der Waals surface area (Å²) in [4.78, 5) is 12.0. The van der Waals surface area contributed by atoms with Crippen LogP contribution in [0, 0.1) is 5.82 Å². The van der Waals surface area contributed by atoms with E-state index < -0.39 is 0 Å². The molecule has 2 aromatic rings. The van der Waals surface area contributed by atoms with E-state index in [1.165, 1.54) is 12.1 Å². The van der Waals surface area contributed by atoms with E-state index in [-0.39, 0.29) is 24.3 Å². The van der Waals surface area contributed by atoms with Crippen LogP contribution in [0.4, 0.5) is 10.1 Å². The van der Waals surface area contributed by atoms with Crippen LogP contribution in [0.25, 0.3) is 0 Å². The molecule has 0 aromatic heterocycles. The zero-order valence-corrected chi connectivity index (χ0v) is 12.6. The van der Waals surface area contributed by atoms with E-state index in [0.717, 1.165) is 5.56 Å². The van der Waals surface area contributed by atoms with Crippen LogP contribution >= 0.6 is 0 Å². The van der Waals surface area contributed by atoms with E-state index in [1.54, 1.807) is 25.3 Å². The van der Waals surface area contributed by atoms with Crippen molar-refractivity contribution >= 4 is 11.6 Å². The molecule has 0 aliphatic rings. The Balaban J connectivity index is 1.90. The largest absolute Gasteiger partial charge is 0.495 e. The summed E-state index contributed by atoms with van der Waals surface area (Å²) in [5.74, 6) is 0.131. The minimum atomic E-state index is -0.287. The smallest absolute Gasteiger partial charge is 0.238 e. The van der Waals surface area contributed by atoms with Crippen molar-refractivity contribution in [3.63, 3.8) is 0 Å². The van der Waals surface area contributed by atoms with Gasteiger partial charge in [0.1, 0.15) is 11.6 Å². The van der Waals surface area contributed by atoms with Gasteiger partial charge in [0, 0.05) is 6.04 Å². The molecule has 0 heterocycles. The predicted molar refractivity (Wildman–Crippen MR) is 84.4 cm³/mol. The molecule has 0 spiro atoms. The molecule has 0 aliphatic heterocycles. The lowest BCUT2D eigenvalue weighted by Gasteiger charge is -2.15. The predicted octanol–water partition coefficient (Wildman–Crippen LogP) is 3.12. The Hall–Kier alpha value is -2.40. The van der Waals surface area contributed by atoms with E-state index in [0.29, 0.717) is 11.4 Å². The van der Waals surface area contributed by atoms with Gasteiger partial charge in [-0.15, -0.1) is 0 Å². The number of amides is 1. The molecule has 1 atom stereocenters. The highest BCUT2D eigenvalue weighted by molar-refractivity contribution is 5.93. The van der Waals surface area contributed by atoms with Crippen molar-refractivity contribution in [1.82, 2.24) is 5.32 Å². The molecule has 5 heteroatoms. The fourth-order valence-electron chi connectivity index (χ4n) is 2.08. The highest BCUT2D eigenvalue weighted by Gasteiger charge is 2.10. The summed E-state index contributed by atoms with van der Waals surface area (Å²) in [5, 5.41) is 5.84. The van der Waals surface area contributed by atoms with Gasteiger partial charge >= 0.3 is 0 Å². The number of ether oxygens (including phenoxy) is 1. The molecule has 0 bridgehead atoms. The van der Waals surface area contributed by atoms with Crippen LogP contribution in [0.2, 0.25) is 0 Å². The van der Waals surface area contributed by atoms with E-state index in [4.69, 9.17) is 4.74 Å². The zero-order valence-electron chi connectivity index (χ0n) is 12.6. The van der Waals surface area contributed by atoms with Gasteiger partial charge in [-0.1, -0.05) is 24.3 Å². The molecule has 0 radical (unpaired) electrons. The lowest BCUT2D eigenvalue weighted by molar-refractivity contribution is -0.115. The van der Waals surface area contributed by atoms with Gasteiger partial charge in [0.15, 0.2) is 0 Å². The molecule has 1 amide bonds. The molecule has 2 N–H and O–H groups in total. The number of benzene rings is 2. The monoisotopic (exact) mass is 302 g/mol. The van der Waals surface area contributed by atoms with Gasteiger partial charge < -0.3 is 15.4 Å². The second-order valence-corrected chi connectivity index (χ2v) is 4.91. The normalized spacial score (nSPS) is 11.8. The lowest BCUT2D eigenvalue weighted by atomic mass is 10.1. The molecule has 0 aliphatic carbocycles. The van der Waals surface area contributed by atoms with E-state index in [1.807, 2.05) is 25.1 Å². The van der Waals surface area contributed by atoms with Crippen LogP contribution in [-0.4, -0.2) is 19.6 Å². The third-order valence-corrected chi connectivity index (χ3v) is 3.30. The standard InChI is InChI=1S/C17H19FN2O2/c1-12(13-6-5-7-14(18)10-13)19-11-17(21)20-15-8-3-4-9-16(15)22-2/h3-10,12,19H,11H2,1-2H3,(H,20,21)/t12-/m1/s1. The van der Waals surface area contributed by atoms with Crippen molar-refractivity contribution in [2.24, 2.45) is 0 Å². The van der Waals surface area contributed by atoms with Crippen LogP contribution in [-0.2, 0) is 4.79 Å². The van der Waals surface area contributed by atoms with Gasteiger partial charge in [-0.05, 0) is 36.8 Å². The molecule has 0 saturated carbocycles. The van der Waals surface area contributed by atoms with E-state index in [2.05, 4.69) is 10.6 Å². The molecule has 2 rings (SSSR count). The number of halogens is 1. The summed E-state index contributed by atoms with van der Waals surface area (Å²) in [6, 6.07) is 13.4. The maximum absolute atomic E-state index is 13.2. The van der Waals surface area contributed by atoms with Crippen molar-refractivity contribution in [3.8, 4) is 5.75 Å². The molecule has 0 saturated heterocycles. The zero-order chi connectivity index (χ0) is 15.9. The van der Waals surface area contributed by atoms with E-state index >= 15 is 0 Å². The Morgan fingerprint density at radius 1 is 1.23 bits per heavy atom. The Bertz CT molecular complexity index is 646. The van der Waals surface area contributed by atoms with Crippen LogP contribution < -0.4 is 15.4 Å². The number of hydrogen-bond acceptors (Lipinski definition) is 3. The Kier molecular flexibility index (Phi) is 5.49. The van der Waals surface area contributed by atoms with Gasteiger partial charge in [0.2, 0.25) is 5.91 Å². The van der Waals surface area contributed by atoms with Gasteiger partial charge in [0.25, 0.3) is 0 Å². The van der Waals surface area contributed by atoms with Crippen molar-refractivity contribution in [2.45, 2.75) is 13.0 Å². The Labute approximate surface area is 129 Å². The summed E-state index contributed by atoms with van der Waals surface area (Å²) < 4.78 is 18.4. The second kappa shape index (κ2) is 7.56. The van der Waals surface area contributed by atoms with E-state index in [9.17, 15) is 9.18 Å². The van der Waals surface area contributed by atoms with Gasteiger partial charge in [-0.3, -0.25) is 4.79 Å². The topological polar surface area (TPSA) is 50.4 Å².